The highest BCUT2D eigenvalue weighted by Crippen LogP contribution is 2.29. The van der Waals surface area contributed by atoms with Gasteiger partial charge in [-0.05, 0) is 63.1 Å². The summed E-state index contributed by atoms with van der Waals surface area (Å²) in [6, 6.07) is 13.0. The van der Waals surface area contributed by atoms with Gasteiger partial charge >= 0.3 is 5.97 Å². The topological polar surface area (TPSA) is 79.9 Å². The average Bonchev–Trinajstić information content (AvgIpc) is 2.78. The van der Waals surface area contributed by atoms with Crippen LogP contribution in [-0.4, -0.2) is 42.3 Å². The molecule has 2 aromatic carbocycles. The van der Waals surface area contributed by atoms with Crippen molar-refractivity contribution in [3.8, 4) is 5.75 Å². The van der Waals surface area contributed by atoms with Crippen molar-refractivity contribution in [3.05, 3.63) is 58.1 Å². The Labute approximate surface area is 210 Å². The van der Waals surface area contributed by atoms with Gasteiger partial charge in [0, 0.05) is 30.2 Å². The van der Waals surface area contributed by atoms with Gasteiger partial charge in [0.05, 0.1) is 23.7 Å². The fourth-order valence-corrected chi connectivity index (χ4v) is 4.12. The van der Waals surface area contributed by atoms with Crippen LogP contribution < -0.4 is 15.4 Å². The molecule has 2 unspecified atom stereocenters. The molecule has 1 amide bonds. The summed E-state index contributed by atoms with van der Waals surface area (Å²) < 4.78 is 10.7. The van der Waals surface area contributed by atoms with E-state index in [0.29, 0.717) is 41.9 Å². The summed E-state index contributed by atoms with van der Waals surface area (Å²) in [5, 5.41) is 7.55. The number of hydrogen-bond acceptors (Lipinski definition) is 6. The van der Waals surface area contributed by atoms with Crippen LogP contribution in [0.5, 0.6) is 5.75 Å². The molecule has 3 rings (SSSR count). The van der Waals surface area contributed by atoms with Gasteiger partial charge in [0.1, 0.15) is 5.75 Å². The second-order valence-corrected chi connectivity index (χ2v) is 9.31. The first-order chi connectivity index (χ1) is 16.2. The maximum absolute atomic E-state index is 12.9. The normalized spacial score (nSPS) is 18.5. The maximum Gasteiger partial charge on any atom is 0.305 e. The second-order valence-electron chi connectivity index (χ2n) is 8.46. The van der Waals surface area contributed by atoms with Crippen molar-refractivity contribution in [2.24, 2.45) is 5.92 Å². The molecule has 0 spiro atoms. The molecule has 1 fully saturated rings. The van der Waals surface area contributed by atoms with Crippen molar-refractivity contribution in [1.29, 1.82) is 0 Å². The van der Waals surface area contributed by atoms with Crippen LogP contribution in [0.1, 0.15) is 39.2 Å². The summed E-state index contributed by atoms with van der Waals surface area (Å²) in [6.07, 6.45) is 0.165. The van der Waals surface area contributed by atoms with Crippen LogP contribution in [-0.2, 0) is 20.9 Å². The molecule has 0 saturated carbocycles. The molecule has 0 bridgehead atoms. The van der Waals surface area contributed by atoms with Crippen molar-refractivity contribution in [3.63, 3.8) is 0 Å². The lowest BCUT2D eigenvalue weighted by atomic mass is 9.99. The van der Waals surface area contributed by atoms with E-state index in [0.717, 1.165) is 11.3 Å². The van der Waals surface area contributed by atoms with E-state index in [4.69, 9.17) is 32.7 Å². The standard InChI is InChI=1S/C25H31Cl2N3O4/c1-4-33-23(31)12-7-18-15-30(14-17-5-8-19(26)9-6-17)25(29-24(18)32)28-20-10-11-22(21(27)13-20)34-16(2)3/h5-6,8-11,13,16,18,25,28H,4,7,12,14-15H2,1-3H3,(H,29,32). The van der Waals surface area contributed by atoms with E-state index in [1.807, 2.05) is 44.2 Å². The molecule has 0 radical (unpaired) electrons. The number of carbonyl (C=O) groups is 2. The number of hydrogen-bond donors (Lipinski definition) is 2. The van der Waals surface area contributed by atoms with E-state index in [-0.39, 0.29) is 30.3 Å². The van der Waals surface area contributed by atoms with Gasteiger partial charge in [-0.3, -0.25) is 14.5 Å². The van der Waals surface area contributed by atoms with Crippen LogP contribution in [0.15, 0.2) is 42.5 Å². The molecule has 9 heteroatoms. The Morgan fingerprint density at radius 1 is 1.21 bits per heavy atom. The number of esters is 1. The fraction of sp³-hybridized carbons (Fsp3) is 0.440. The maximum atomic E-state index is 12.9. The Balaban J connectivity index is 1.75. The number of nitrogens with zero attached hydrogens (tertiary/aromatic N) is 1. The lowest BCUT2D eigenvalue weighted by molar-refractivity contribution is -0.144. The first kappa shape index (κ1) is 26.1. The Morgan fingerprint density at radius 2 is 1.94 bits per heavy atom. The SMILES string of the molecule is CCOC(=O)CCC1CN(Cc2ccc(Cl)cc2)C(Nc2ccc(OC(C)C)c(Cl)c2)NC1=O. The lowest BCUT2D eigenvalue weighted by Crippen LogP contribution is -2.61. The summed E-state index contributed by atoms with van der Waals surface area (Å²) >= 11 is 12.4. The van der Waals surface area contributed by atoms with Crippen LogP contribution in [0.25, 0.3) is 0 Å². The highest BCUT2D eigenvalue weighted by molar-refractivity contribution is 6.32. The predicted molar refractivity (Wildman–Crippen MR) is 134 cm³/mol. The first-order valence-electron chi connectivity index (χ1n) is 11.4. The van der Waals surface area contributed by atoms with Gasteiger partial charge in [0.25, 0.3) is 0 Å². The minimum atomic E-state index is -0.463. The van der Waals surface area contributed by atoms with E-state index in [1.165, 1.54) is 0 Å². The van der Waals surface area contributed by atoms with Crippen molar-refractivity contribution >= 4 is 40.8 Å². The van der Waals surface area contributed by atoms with Crippen LogP contribution in [0.3, 0.4) is 0 Å². The third kappa shape index (κ3) is 7.52. The number of rotatable bonds is 10. The Bertz CT molecular complexity index is 985. The molecule has 1 aliphatic rings. The lowest BCUT2D eigenvalue weighted by Gasteiger charge is -2.40. The number of carbonyl (C=O) groups excluding carboxylic acids is 2. The Hall–Kier alpha value is -2.48. The largest absolute Gasteiger partial charge is 0.489 e. The van der Waals surface area contributed by atoms with Crippen molar-refractivity contribution in [2.45, 2.75) is 52.6 Å². The molecule has 7 nitrogen and oxygen atoms in total. The molecule has 0 aliphatic carbocycles. The second kappa shape index (κ2) is 12.3. The summed E-state index contributed by atoms with van der Waals surface area (Å²) in [5.41, 5.74) is 1.80. The molecule has 184 valence electrons. The Kier molecular flexibility index (Phi) is 9.45. The summed E-state index contributed by atoms with van der Waals surface area (Å²) in [5.74, 6) is -0.134. The van der Waals surface area contributed by atoms with Gasteiger partial charge in [-0.2, -0.15) is 0 Å². The Morgan fingerprint density at radius 3 is 2.59 bits per heavy atom. The van der Waals surface area contributed by atoms with Crippen molar-refractivity contribution in [1.82, 2.24) is 10.2 Å². The van der Waals surface area contributed by atoms with Gasteiger partial charge in [0.2, 0.25) is 5.91 Å². The molecule has 1 saturated heterocycles. The zero-order chi connectivity index (χ0) is 24.7. The zero-order valence-corrected chi connectivity index (χ0v) is 21.2. The quantitative estimate of drug-likeness (QED) is 0.437. The highest BCUT2D eigenvalue weighted by Gasteiger charge is 2.34. The summed E-state index contributed by atoms with van der Waals surface area (Å²) in [6.45, 7) is 7.03. The van der Waals surface area contributed by atoms with Crippen LogP contribution in [0.2, 0.25) is 10.0 Å². The number of amides is 1. The molecule has 2 aromatic rings. The zero-order valence-electron chi connectivity index (χ0n) is 19.6. The summed E-state index contributed by atoms with van der Waals surface area (Å²) in [4.78, 5) is 26.8. The number of halogens is 2. The van der Waals surface area contributed by atoms with Gasteiger partial charge < -0.3 is 20.1 Å². The smallest absolute Gasteiger partial charge is 0.305 e. The summed E-state index contributed by atoms with van der Waals surface area (Å²) in [7, 11) is 0. The van der Waals surface area contributed by atoms with Gasteiger partial charge in [0.15, 0.2) is 6.29 Å². The van der Waals surface area contributed by atoms with E-state index >= 15 is 0 Å². The molecule has 2 N–H and O–H groups in total. The minimum Gasteiger partial charge on any atom is -0.489 e. The fourth-order valence-electron chi connectivity index (χ4n) is 3.77. The molecule has 1 heterocycles. The number of nitrogens with one attached hydrogen (secondary N) is 2. The number of benzene rings is 2. The monoisotopic (exact) mass is 507 g/mol. The predicted octanol–water partition coefficient (Wildman–Crippen LogP) is 5.07. The highest BCUT2D eigenvalue weighted by atomic mass is 35.5. The van der Waals surface area contributed by atoms with Crippen LogP contribution >= 0.6 is 23.2 Å². The minimum absolute atomic E-state index is 0.00958. The van der Waals surface area contributed by atoms with E-state index in [2.05, 4.69) is 15.5 Å². The van der Waals surface area contributed by atoms with Crippen LogP contribution in [0, 0.1) is 5.92 Å². The molecule has 1 aliphatic heterocycles. The molecule has 34 heavy (non-hydrogen) atoms. The number of anilines is 1. The van der Waals surface area contributed by atoms with E-state index < -0.39 is 6.29 Å². The van der Waals surface area contributed by atoms with Crippen molar-refractivity contribution in [2.75, 3.05) is 18.5 Å². The van der Waals surface area contributed by atoms with Gasteiger partial charge in [-0.1, -0.05) is 35.3 Å². The molecular formula is C25H31Cl2N3O4. The van der Waals surface area contributed by atoms with E-state index in [1.54, 1.807) is 19.1 Å². The number of ether oxygens (including phenoxy) is 2. The molecular weight excluding hydrogens is 477 g/mol. The van der Waals surface area contributed by atoms with Gasteiger partial charge in [-0.15, -0.1) is 0 Å². The van der Waals surface area contributed by atoms with Crippen molar-refractivity contribution < 1.29 is 19.1 Å². The molecule has 2 atom stereocenters. The molecule has 0 aromatic heterocycles. The van der Waals surface area contributed by atoms with Gasteiger partial charge in [-0.25, -0.2) is 0 Å². The first-order valence-corrected chi connectivity index (χ1v) is 12.2. The third-order valence-electron chi connectivity index (χ3n) is 5.37. The van der Waals surface area contributed by atoms with E-state index in [9.17, 15) is 9.59 Å². The third-order valence-corrected chi connectivity index (χ3v) is 5.92. The van der Waals surface area contributed by atoms with Crippen LogP contribution in [0.4, 0.5) is 5.69 Å². The average molecular weight is 508 g/mol.